The SMILES string of the molecule is C#Cc1c(F)ccc2c(-c3ncc4c(N5C[C@H]6CC[C@@H](C5)N6)nc(OCC56CCCN5C(COC(F)(F)F)CC6)nc4c3F)c(O)ccc12. The molecule has 14 heteroatoms. The fourth-order valence-electron chi connectivity index (χ4n) is 8.41. The molecule has 0 radical (unpaired) electrons. The van der Waals surface area contributed by atoms with E-state index in [-0.39, 0.29) is 52.8 Å². The number of hydrogen-bond acceptors (Lipinski definition) is 9. The minimum Gasteiger partial charge on any atom is -0.507 e. The van der Waals surface area contributed by atoms with Crippen molar-refractivity contribution in [2.45, 2.75) is 68.6 Å². The van der Waals surface area contributed by atoms with Gasteiger partial charge in [0.25, 0.3) is 0 Å². The van der Waals surface area contributed by atoms with Gasteiger partial charge in [-0.05, 0) is 68.7 Å². The smallest absolute Gasteiger partial charge is 0.507 e. The highest BCUT2D eigenvalue weighted by atomic mass is 19.4. The number of fused-ring (bicyclic) bond motifs is 5. The zero-order valence-corrected chi connectivity index (χ0v) is 26.4. The van der Waals surface area contributed by atoms with E-state index >= 15 is 4.39 Å². The molecule has 0 spiro atoms. The van der Waals surface area contributed by atoms with Crippen LogP contribution in [0.25, 0.3) is 32.9 Å². The van der Waals surface area contributed by atoms with Gasteiger partial charge in [-0.1, -0.05) is 12.0 Å². The van der Waals surface area contributed by atoms with E-state index in [4.69, 9.17) is 16.1 Å². The lowest BCUT2D eigenvalue weighted by Gasteiger charge is -2.35. The zero-order valence-electron chi connectivity index (χ0n) is 26.4. The first-order valence-corrected chi connectivity index (χ1v) is 16.4. The van der Waals surface area contributed by atoms with Crippen molar-refractivity contribution in [3.8, 4) is 35.4 Å². The third-order valence-electron chi connectivity index (χ3n) is 10.6. The Morgan fingerprint density at radius 1 is 1.02 bits per heavy atom. The van der Waals surface area contributed by atoms with Crippen LogP contribution in [0.2, 0.25) is 0 Å². The number of anilines is 1. The lowest BCUT2D eigenvalue weighted by Crippen LogP contribution is -2.51. The summed E-state index contributed by atoms with van der Waals surface area (Å²) in [4.78, 5) is 17.9. The average Bonchev–Trinajstić information content (AvgIpc) is 3.75. The van der Waals surface area contributed by atoms with Crippen molar-refractivity contribution in [2.24, 2.45) is 0 Å². The molecule has 4 fully saturated rings. The maximum absolute atomic E-state index is 16.8. The fraction of sp³-hybridized carbons (Fsp3) is 0.457. The molecule has 2 bridgehead atoms. The third-order valence-corrected chi connectivity index (χ3v) is 10.6. The molecule has 0 aliphatic carbocycles. The number of terminal acetylenes is 1. The maximum Gasteiger partial charge on any atom is 0.522 e. The Morgan fingerprint density at radius 2 is 1.80 bits per heavy atom. The van der Waals surface area contributed by atoms with E-state index in [2.05, 4.69) is 30.8 Å². The number of piperazine rings is 1. The molecule has 256 valence electrons. The zero-order chi connectivity index (χ0) is 34.1. The van der Waals surface area contributed by atoms with Gasteiger partial charge in [0.15, 0.2) is 5.82 Å². The van der Waals surface area contributed by atoms with Crippen molar-refractivity contribution >= 4 is 27.5 Å². The van der Waals surface area contributed by atoms with E-state index in [9.17, 15) is 22.7 Å². The van der Waals surface area contributed by atoms with Crippen LogP contribution >= 0.6 is 0 Å². The standard InChI is InChI=1S/C35H33F5N6O3/c1-2-22-23-7-9-27(47)28(24(23)6-8-26(22)36)31-29(37)30-25(14-41-31)32(45-15-19-4-5-20(16-45)42-19)44-33(43-30)48-18-34-11-3-13-46(34)21(10-12-34)17-49-35(38,39)40/h1,6-9,14,19-21,42,47H,3-5,10-13,15-18H2/t19-,20+,21?,34?. The quantitative estimate of drug-likeness (QED) is 0.189. The first kappa shape index (κ1) is 31.9. The number of phenols is 1. The minimum absolute atomic E-state index is 0.0203. The van der Waals surface area contributed by atoms with Gasteiger partial charge < -0.3 is 20.1 Å². The summed E-state index contributed by atoms with van der Waals surface area (Å²) in [5, 5.41) is 15.5. The molecule has 4 saturated heterocycles. The molecule has 8 rings (SSSR count). The van der Waals surface area contributed by atoms with Crippen LogP contribution in [0.15, 0.2) is 30.5 Å². The third kappa shape index (κ3) is 5.57. The van der Waals surface area contributed by atoms with Crippen LogP contribution in [0.1, 0.15) is 44.1 Å². The molecular formula is C35H33F5N6O3. The van der Waals surface area contributed by atoms with Gasteiger partial charge in [0.05, 0.1) is 28.7 Å². The van der Waals surface area contributed by atoms with Gasteiger partial charge in [0, 0.05) is 42.8 Å². The molecule has 4 aliphatic rings. The van der Waals surface area contributed by atoms with Gasteiger partial charge in [-0.2, -0.15) is 9.97 Å². The average molecular weight is 681 g/mol. The van der Waals surface area contributed by atoms with E-state index in [1.807, 2.05) is 4.90 Å². The van der Waals surface area contributed by atoms with Crippen LogP contribution in [0.3, 0.4) is 0 Å². The molecule has 2 aromatic carbocycles. The normalized spacial score (nSPS) is 25.3. The Hall–Kier alpha value is -4.32. The van der Waals surface area contributed by atoms with E-state index in [1.165, 1.54) is 30.5 Å². The summed E-state index contributed by atoms with van der Waals surface area (Å²) in [5.41, 5.74) is -0.782. The summed E-state index contributed by atoms with van der Waals surface area (Å²) in [6, 6.07) is 5.39. The van der Waals surface area contributed by atoms with Crippen LogP contribution in [-0.4, -0.2) is 87.8 Å². The summed E-state index contributed by atoms with van der Waals surface area (Å²) in [5.74, 6) is 1.07. The molecule has 6 heterocycles. The van der Waals surface area contributed by atoms with Gasteiger partial charge in [0.1, 0.15) is 35.2 Å². The monoisotopic (exact) mass is 680 g/mol. The predicted molar refractivity (Wildman–Crippen MR) is 171 cm³/mol. The fourth-order valence-corrected chi connectivity index (χ4v) is 8.41. The highest BCUT2D eigenvalue weighted by Crippen LogP contribution is 2.44. The van der Waals surface area contributed by atoms with Gasteiger partial charge in [0.2, 0.25) is 0 Å². The largest absolute Gasteiger partial charge is 0.522 e. The van der Waals surface area contributed by atoms with Gasteiger partial charge in [-0.3, -0.25) is 14.6 Å². The molecule has 0 saturated carbocycles. The van der Waals surface area contributed by atoms with E-state index < -0.39 is 36.2 Å². The predicted octanol–water partition coefficient (Wildman–Crippen LogP) is 5.66. The molecule has 4 aromatic rings. The molecule has 9 nitrogen and oxygen atoms in total. The number of aromatic hydroxyl groups is 1. The number of ether oxygens (including phenoxy) is 2. The van der Waals surface area contributed by atoms with Crippen molar-refractivity contribution < 1.29 is 36.5 Å². The Balaban J connectivity index is 1.20. The van der Waals surface area contributed by atoms with E-state index in [1.54, 1.807) is 0 Å². The molecule has 2 unspecified atom stereocenters. The summed E-state index contributed by atoms with van der Waals surface area (Å²) in [6.45, 7) is 1.54. The number of phenolic OH excluding ortho intramolecular Hbond substituents is 1. The molecule has 4 atom stereocenters. The highest BCUT2D eigenvalue weighted by Gasteiger charge is 2.50. The van der Waals surface area contributed by atoms with E-state index in [0.29, 0.717) is 54.5 Å². The second kappa shape index (κ2) is 11.9. The van der Waals surface area contributed by atoms with Gasteiger partial charge >= 0.3 is 12.4 Å². The Labute approximate surface area is 278 Å². The van der Waals surface area contributed by atoms with Crippen molar-refractivity contribution in [1.29, 1.82) is 0 Å². The van der Waals surface area contributed by atoms with Crippen molar-refractivity contribution in [2.75, 3.05) is 37.7 Å². The van der Waals surface area contributed by atoms with Crippen LogP contribution in [0.4, 0.5) is 27.8 Å². The first-order valence-electron chi connectivity index (χ1n) is 16.4. The van der Waals surface area contributed by atoms with Crippen molar-refractivity contribution in [3.05, 3.63) is 47.7 Å². The Kier molecular flexibility index (Phi) is 7.77. The Bertz CT molecular complexity index is 1990. The second-order valence-electron chi connectivity index (χ2n) is 13.4. The summed E-state index contributed by atoms with van der Waals surface area (Å²) >= 11 is 0. The number of nitrogens with zero attached hydrogens (tertiary/aromatic N) is 5. The lowest BCUT2D eigenvalue weighted by molar-refractivity contribution is -0.328. The number of halogens is 5. The molecular weight excluding hydrogens is 647 g/mol. The number of benzene rings is 2. The maximum atomic E-state index is 16.8. The molecule has 49 heavy (non-hydrogen) atoms. The van der Waals surface area contributed by atoms with E-state index in [0.717, 1.165) is 25.7 Å². The van der Waals surface area contributed by atoms with Gasteiger partial charge in [-0.25, -0.2) is 8.78 Å². The highest BCUT2D eigenvalue weighted by molar-refractivity contribution is 6.03. The van der Waals surface area contributed by atoms with Crippen LogP contribution in [0, 0.1) is 24.0 Å². The van der Waals surface area contributed by atoms with Crippen LogP contribution in [-0.2, 0) is 4.74 Å². The number of pyridine rings is 1. The Morgan fingerprint density at radius 3 is 2.55 bits per heavy atom. The molecule has 2 N–H and O–H groups in total. The number of rotatable bonds is 7. The van der Waals surface area contributed by atoms with Gasteiger partial charge in [-0.15, -0.1) is 19.6 Å². The number of hydrogen-bond donors (Lipinski definition) is 2. The van der Waals surface area contributed by atoms with Crippen molar-refractivity contribution in [1.82, 2.24) is 25.2 Å². The molecule has 4 aliphatic heterocycles. The van der Waals surface area contributed by atoms with Crippen molar-refractivity contribution in [3.63, 3.8) is 0 Å². The lowest BCUT2D eigenvalue weighted by atomic mass is 9.95. The minimum atomic E-state index is -4.71. The summed E-state index contributed by atoms with van der Waals surface area (Å²) in [6.07, 6.45) is 7.01. The molecule has 0 amide bonds. The second-order valence-corrected chi connectivity index (χ2v) is 13.4. The number of nitrogens with one attached hydrogen (secondary N) is 1. The summed E-state index contributed by atoms with van der Waals surface area (Å²) < 4.78 is 80.4. The van der Waals surface area contributed by atoms with Crippen LogP contribution in [0.5, 0.6) is 11.8 Å². The topological polar surface area (TPSA) is 95.9 Å². The number of aromatic nitrogens is 3. The number of alkyl halides is 3. The molecule has 2 aromatic heterocycles. The van der Waals surface area contributed by atoms with Crippen LogP contribution < -0.4 is 15.0 Å². The summed E-state index contributed by atoms with van der Waals surface area (Å²) in [7, 11) is 0. The first-order chi connectivity index (χ1) is 23.5.